The summed E-state index contributed by atoms with van der Waals surface area (Å²) in [7, 11) is 0. The van der Waals surface area contributed by atoms with E-state index in [4.69, 9.17) is 23.2 Å². The van der Waals surface area contributed by atoms with Crippen molar-refractivity contribution in [2.24, 2.45) is 0 Å². The number of carbonyl (C=O) groups excluding carboxylic acids is 1. The fourth-order valence-electron chi connectivity index (χ4n) is 2.08. The van der Waals surface area contributed by atoms with E-state index in [1.165, 1.54) is 34.2 Å². The second-order valence-corrected chi connectivity index (χ2v) is 6.63. The van der Waals surface area contributed by atoms with Crippen molar-refractivity contribution in [1.29, 1.82) is 0 Å². The van der Waals surface area contributed by atoms with Crippen LogP contribution in [0.15, 0.2) is 52.9 Å². The predicted molar refractivity (Wildman–Crippen MR) is 96.3 cm³/mol. The Morgan fingerprint density at radius 1 is 1.21 bits per heavy atom. The summed E-state index contributed by atoms with van der Waals surface area (Å²) in [6.45, 7) is 0.286. The first kappa shape index (κ1) is 16.7. The van der Waals surface area contributed by atoms with E-state index in [1.807, 2.05) is 0 Å². The van der Waals surface area contributed by atoms with Gasteiger partial charge in [0, 0.05) is 23.8 Å². The number of pyridine rings is 1. The molecule has 0 aliphatic carbocycles. The fraction of sp³-hybridized carbons (Fsp3) is 0.0625. The van der Waals surface area contributed by atoms with Crippen LogP contribution in [0.4, 0.5) is 5.13 Å². The van der Waals surface area contributed by atoms with Crippen LogP contribution in [0.25, 0.3) is 0 Å². The molecule has 122 valence electrons. The molecule has 0 aliphatic heterocycles. The topological polar surface area (TPSA) is 64.0 Å². The molecule has 0 aliphatic rings. The summed E-state index contributed by atoms with van der Waals surface area (Å²) < 4.78 is 1.44. The molecule has 0 bridgehead atoms. The number of nitrogens with one attached hydrogen (secondary N) is 1. The minimum atomic E-state index is -0.326. The molecule has 0 fully saturated rings. The van der Waals surface area contributed by atoms with Crippen molar-refractivity contribution in [2.75, 3.05) is 5.32 Å². The molecule has 1 N–H and O–H groups in total. The molecule has 0 radical (unpaired) electrons. The number of hydrogen-bond donors (Lipinski definition) is 1. The molecule has 2 aromatic heterocycles. The Morgan fingerprint density at radius 2 is 2.04 bits per heavy atom. The second kappa shape index (κ2) is 7.17. The predicted octanol–water partition coefficient (Wildman–Crippen LogP) is 3.91. The first-order valence-corrected chi connectivity index (χ1v) is 8.52. The highest BCUT2D eigenvalue weighted by Crippen LogP contribution is 2.22. The van der Waals surface area contributed by atoms with Gasteiger partial charge < -0.3 is 4.57 Å². The lowest BCUT2D eigenvalue weighted by atomic mass is 10.2. The Labute approximate surface area is 151 Å². The van der Waals surface area contributed by atoms with Gasteiger partial charge in [0.2, 0.25) is 0 Å². The zero-order chi connectivity index (χ0) is 17.1. The van der Waals surface area contributed by atoms with Crippen molar-refractivity contribution in [1.82, 2.24) is 9.55 Å². The smallest absolute Gasteiger partial charge is 0.258 e. The molecule has 24 heavy (non-hydrogen) atoms. The van der Waals surface area contributed by atoms with Gasteiger partial charge >= 0.3 is 0 Å². The van der Waals surface area contributed by atoms with E-state index < -0.39 is 0 Å². The highest BCUT2D eigenvalue weighted by Gasteiger charge is 2.10. The maximum atomic E-state index is 12.2. The van der Waals surface area contributed by atoms with Crippen LogP contribution in [0, 0.1) is 0 Å². The van der Waals surface area contributed by atoms with Gasteiger partial charge in [-0.15, -0.1) is 11.3 Å². The van der Waals surface area contributed by atoms with Gasteiger partial charge in [0.05, 0.1) is 22.2 Å². The summed E-state index contributed by atoms with van der Waals surface area (Å²) in [5, 5.41) is 5.81. The van der Waals surface area contributed by atoms with Crippen LogP contribution in [0.2, 0.25) is 10.0 Å². The van der Waals surface area contributed by atoms with E-state index in [9.17, 15) is 9.59 Å². The van der Waals surface area contributed by atoms with Gasteiger partial charge in [0.1, 0.15) is 0 Å². The van der Waals surface area contributed by atoms with Crippen molar-refractivity contribution < 1.29 is 4.79 Å². The SMILES string of the molecule is O=C(Nc1nccs1)c1ccc(=O)n(Cc2ccc(Cl)c(Cl)c2)c1. The molecular weight excluding hydrogens is 369 g/mol. The molecule has 3 rings (SSSR count). The van der Waals surface area contributed by atoms with Gasteiger partial charge in [-0.1, -0.05) is 29.3 Å². The van der Waals surface area contributed by atoms with Crippen LogP contribution >= 0.6 is 34.5 Å². The summed E-state index contributed by atoms with van der Waals surface area (Å²) >= 11 is 13.2. The maximum Gasteiger partial charge on any atom is 0.258 e. The molecule has 0 atom stereocenters. The number of carbonyl (C=O) groups is 1. The normalized spacial score (nSPS) is 10.6. The number of halogens is 2. The molecule has 0 spiro atoms. The molecule has 0 unspecified atom stereocenters. The number of benzene rings is 1. The Morgan fingerprint density at radius 3 is 2.75 bits per heavy atom. The second-order valence-electron chi connectivity index (χ2n) is 4.92. The van der Waals surface area contributed by atoms with E-state index in [2.05, 4.69) is 10.3 Å². The molecule has 2 heterocycles. The molecule has 8 heteroatoms. The third-order valence-electron chi connectivity index (χ3n) is 3.24. The summed E-state index contributed by atoms with van der Waals surface area (Å²) in [6.07, 6.45) is 3.11. The molecule has 5 nitrogen and oxygen atoms in total. The highest BCUT2D eigenvalue weighted by atomic mass is 35.5. The first-order chi connectivity index (χ1) is 11.5. The van der Waals surface area contributed by atoms with Gasteiger partial charge in [0.15, 0.2) is 5.13 Å². The Balaban J connectivity index is 1.84. The third-order valence-corrected chi connectivity index (χ3v) is 4.66. The van der Waals surface area contributed by atoms with Gasteiger partial charge in [0.25, 0.3) is 11.5 Å². The van der Waals surface area contributed by atoms with Crippen LogP contribution in [0.5, 0.6) is 0 Å². The van der Waals surface area contributed by atoms with Crippen molar-refractivity contribution >= 4 is 45.6 Å². The number of aromatic nitrogens is 2. The van der Waals surface area contributed by atoms with Gasteiger partial charge in [-0.2, -0.15) is 0 Å². The van der Waals surface area contributed by atoms with Crippen molar-refractivity contribution in [3.8, 4) is 0 Å². The lowest BCUT2D eigenvalue weighted by Crippen LogP contribution is -2.22. The first-order valence-electron chi connectivity index (χ1n) is 6.88. The van der Waals surface area contributed by atoms with Crippen molar-refractivity contribution in [3.05, 3.63) is 79.6 Å². The quantitative estimate of drug-likeness (QED) is 0.747. The van der Waals surface area contributed by atoms with Gasteiger partial charge in [-0.25, -0.2) is 4.98 Å². The summed E-state index contributed by atoms with van der Waals surface area (Å²) in [5.41, 5.74) is 0.959. The number of amides is 1. The zero-order valence-corrected chi connectivity index (χ0v) is 14.5. The summed E-state index contributed by atoms with van der Waals surface area (Å²) in [6, 6.07) is 7.98. The summed E-state index contributed by atoms with van der Waals surface area (Å²) in [4.78, 5) is 28.3. The van der Waals surface area contributed by atoms with Crippen LogP contribution in [0.3, 0.4) is 0 Å². The van der Waals surface area contributed by atoms with E-state index >= 15 is 0 Å². The van der Waals surface area contributed by atoms with E-state index in [0.717, 1.165) is 5.56 Å². The number of hydrogen-bond acceptors (Lipinski definition) is 4. The third kappa shape index (κ3) is 3.84. The average molecular weight is 380 g/mol. The molecule has 0 saturated carbocycles. The Kier molecular flexibility index (Phi) is 4.99. The fourth-order valence-corrected chi connectivity index (χ4v) is 2.92. The monoisotopic (exact) mass is 379 g/mol. The van der Waals surface area contributed by atoms with Crippen molar-refractivity contribution in [3.63, 3.8) is 0 Å². The lowest BCUT2D eigenvalue weighted by Gasteiger charge is -2.09. The standard InChI is InChI=1S/C16H11Cl2N3O2S/c17-12-3-1-10(7-13(12)18)8-21-9-11(2-4-14(21)22)15(23)20-16-19-5-6-24-16/h1-7,9H,8H2,(H,19,20,23). The average Bonchev–Trinajstić information content (AvgIpc) is 3.06. The minimum Gasteiger partial charge on any atom is -0.310 e. The van der Waals surface area contributed by atoms with Gasteiger partial charge in [-0.3, -0.25) is 14.9 Å². The van der Waals surface area contributed by atoms with Crippen LogP contribution < -0.4 is 10.9 Å². The Bertz CT molecular complexity index is 939. The summed E-state index contributed by atoms with van der Waals surface area (Å²) in [5.74, 6) is -0.326. The Hall–Kier alpha value is -2.15. The van der Waals surface area contributed by atoms with E-state index in [0.29, 0.717) is 20.7 Å². The zero-order valence-electron chi connectivity index (χ0n) is 12.2. The molecule has 0 saturated heterocycles. The highest BCUT2D eigenvalue weighted by molar-refractivity contribution is 7.13. The molecule has 3 aromatic rings. The minimum absolute atomic E-state index is 0.216. The molecule has 1 amide bonds. The lowest BCUT2D eigenvalue weighted by molar-refractivity contribution is 0.102. The van der Waals surface area contributed by atoms with Crippen molar-refractivity contribution in [2.45, 2.75) is 6.54 Å². The van der Waals surface area contributed by atoms with Crippen LogP contribution in [0.1, 0.15) is 15.9 Å². The largest absolute Gasteiger partial charge is 0.310 e. The number of nitrogens with zero attached hydrogens (tertiary/aromatic N) is 2. The van der Waals surface area contributed by atoms with Crippen LogP contribution in [-0.2, 0) is 6.54 Å². The number of thiazole rings is 1. The molecule has 1 aromatic carbocycles. The maximum absolute atomic E-state index is 12.2. The number of anilines is 1. The molecular formula is C16H11Cl2N3O2S. The van der Waals surface area contributed by atoms with E-state index in [-0.39, 0.29) is 18.0 Å². The van der Waals surface area contributed by atoms with Crippen LogP contribution in [-0.4, -0.2) is 15.5 Å². The van der Waals surface area contributed by atoms with E-state index in [1.54, 1.807) is 29.8 Å². The number of rotatable bonds is 4. The van der Waals surface area contributed by atoms with Gasteiger partial charge in [-0.05, 0) is 23.8 Å².